The summed E-state index contributed by atoms with van der Waals surface area (Å²) >= 11 is 0. The number of alkyl halides is 3. The minimum atomic E-state index is -4.49. The van der Waals surface area contributed by atoms with E-state index in [1.807, 2.05) is 0 Å². The van der Waals surface area contributed by atoms with E-state index in [9.17, 15) is 27.9 Å². The zero-order valence-electron chi connectivity index (χ0n) is 14.0. The molecule has 0 saturated carbocycles. The predicted molar refractivity (Wildman–Crippen MR) is 83.0 cm³/mol. The number of hydrogen-bond donors (Lipinski definition) is 1. The van der Waals surface area contributed by atoms with Gasteiger partial charge in [-0.25, -0.2) is 0 Å². The maximum atomic E-state index is 12.7. The van der Waals surface area contributed by atoms with Crippen molar-refractivity contribution in [1.29, 1.82) is 0 Å². The van der Waals surface area contributed by atoms with Crippen LogP contribution in [0.25, 0.3) is 0 Å². The van der Waals surface area contributed by atoms with Crippen LogP contribution in [0.4, 0.5) is 13.2 Å². The summed E-state index contributed by atoms with van der Waals surface area (Å²) in [6, 6.07) is 4.28. The van der Waals surface area contributed by atoms with Gasteiger partial charge in [-0.2, -0.15) is 13.2 Å². The number of hydrogen-bond acceptors (Lipinski definition) is 3. The van der Waals surface area contributed by atoms with Crippen LogP contribution in [-0.2, 0) is 15.8 Å². The van der Waals surface area contributed by atoms with Crippen molar-refractivity contribution >= 4 is 11.9 Å². The molecule has 1 aliphatic rings. The minimum Gasteiger partial charge on any atom is -0.484 e. The zero-order chi connectivity index (χ0) is 18.8. The third-order valence-corrected chi connectivity index (χ3v) is 4.71. The van der Waals surface area contributed by atoms with Gasteiger partial charge in [0.05, 0.1) is 11.0 Å². The Balaban J connectivity index is 1.99. The van der Waals surface area contributed by atoms with Crippen LogP contribution in [0.1, 0.15) is 25.8 Å². The lowest BCUT2D eigenvalue weighted by Gasteiger charge is -2.28. The molecule has 5 nitrogen and oxygen atoms in total. The number of halogens is 3. The van der Waals surface area contributed by atoms with Crippen molar-refractivity contribution < 1.29 is 32.6 Å². The quantitative estimate of drug-likeness (QED) is 0.878. The Morgan fingerprint density at radius 3 is 2.56 bits per heavy atom. The molecule has 1 amide bonds. The van der Waals surface area contributed by atoms with Gasteiger partial charge in [0, 0.05) is 13.1 Å². The lowest BCUT2D eigenvalue weighted by Crippen LogP contribution is -2.41. The molecule has 1 unspecified atom stereocenters. The highest BCUT2D eigenvalue weighted by molar-refractivity contribution is 5.81. The van der Waals surface area contributed by atoms with Crippen molar-refractivity contribution in [2.24, 2.45) is 11.3 Å². The van der Waals surface area contributed by atoms with Crippen LogP contribution in [0.5, 0.6) is 5.75 Å². The number of aliphatic carboxylic acids is 1. The van der Waals surface area contributed by atoms with E-state index >= 15 is 0 Å². The SMILES string of the molecule is CC(C)C1(C(=O)O)CCN(C(=O)COc2cccc(C(F)(F)F)c2)C1. The van der Waals surface area contributed by atoms with Gasteiger partial charge in [0.15, 0.2) is 6.61 Å². The number of ether oxygens (including phenoxy) is 1. The molecule has 0 aliphatic carbocycles. The Hall–Kier alpha value is -2.25. The minimum absolute atomic E-state index is 0.0595. The van der Waals surface area contributed by atoms with Gasteiger partial charge in [-0.1, -0.05) is 19.9 Å². The summed E-state index contributed by atoms with van der Waals surface area (Å²) in [6.07, 6.45) is -4.15. The molecule has 1 heterocycles. The Kier molecular flexibility index (Phi) is 5.29. The molecule has 1 fully saturated rings. The Labute approximate surface area is 143 Å². The number of carbonyl (C=O) groups excluding carboxylic acids is 1. The number of nitrogens with zero attached hydrogens (tertiary/aromatic N) is 1. The monoisotopic (exact) mass is 359 g/mol. The molecule has 1 aromatic rings. The first kappa shape index (κ1) is 19.1. The Bertz CT molecular complexity index is 660. The van der Waals surface area contributed by atoms with Crippen molar-refractivity contribution in [3.8, 4) is 5.75 Å². The molecule has 1 atom stereocenters. The number of carbonyl (C=O) groups is 2. The molecule has 0 radical (unpaired) electrons. The summed E-state index contributed by atoms with van der Waals surface area (Å²) in [5.74, 6) is -1.60. The highest BCUT2D eigenvalue weighted by atomic mass is 19.4. The van der Waals surface area contributed by atoms with Crippen LogP contribution in [0, 0.1) is 11.3 Å². The second-order valence-electron chi connectivity index (χ2n) is 6.50. The van der Waals surface area contributed by atoms with Gasteiger partial charge in [-0.15, -0.1) is 0 Å². The van der Waals surface area contributed by atoms with E-state index < -0.39 is 35.6 Å². The third-order valence-electron chi connectivity index (χ3n) is 4.71. The van der Waals surface area contributed by atoms with E-state index in [0.29, 0.717) is 6.42 Å². The van der Waals surface area contributed by atoms with Gasteiger partial charge >= 0.3 is 12.1 Å². The average molecular weight is 359 g/mol. The molecule has 1 aromatic carbocycles. The number of carboxylic acids is 1. The van der Waals surface area contributed by atoms with E-state index in [1.165, 1.54) is 17.0 Å². The van der Waals surface area contributed by atoms with Crippen LogP contribution >= 0.6 is 0 Å². The molecule has 0 aromatic heterocycles. The van der Waals surface area contributed by atoms with Gasteiger partial charge in [0.1, 0.15) is 5.75 Å². The number of carboxylic acid groups (broad SMARTS) is 1. The topological polar surface area (TPSA) is 66.8 Å². The van der Waals surface area contributed by atoms with Crippen LogP contribution in [0.2, 0.25) is 0 Å². The maximum absolute atomic E-state index is 12.7. The summed E-state index contributed by atoms with van der Waals surface area (Å²) in [5, 5.41) is 9.47. The highest BCUT2D eigenvalue weighted by Gasteiger charge is 2.48. The molecule has 0 bridgehead atoms. The fourth-order valence-electron chi connectivity index (χ4n) is 2.94. The van der Waals surface area contributed by atoms with Crippen LogP contribution < -0.4 is 4.74 Å². The lowest BCUT2D eigenvalue weighted by atomic mass is 9.76. The van der Waals surface area contributed by atoms with Crippen molar-refractivity contribution in [2.75, 3.05) is 19.7 Å². The van der Waals surface area contributed by atoms with Crippen LogP contribution in [0.3, 0.4) is 0 Å². The first-order valence-electron chi connectivity index (χ1n) is 7.87. The number of rotatable bonds is 5. The predicted octanol–water partition coefficient (Wildman–Crippen LogP) is 3.04. The smallest absolute Gasteiger partial charge is 0.416 e. The fraction of sp³-hybridized carbons (Fsp3) is 0.529. The van der Waals surface area contributed by atoms with Crippen molar-refractivity contribution in [2.45, 2.75) is 26.4 Å². The molecule has 1 saturated heterocycles. The summed E-state index contributed by atoms with van der Waals surface area (Å²) in [4.78, 5) is 25.2. The number of amides is 1. The molecule has 2 rings (SSSR count). The number of likely N-dealkylation sites (tertiary alicyclic amines) is 1. The fourth-order valence-corrected chi connectivity index (χ4v) is 2.94. The van der Waals surface area contributed by atoms with Gasteiger partial charge < -0.3 is 14.7 Å². The number of benzene rings is 1. The standard InChI is InChI=1S/C17H20F3NO4/c1-11(2)16(15(23)24)6-7-21(10-16)14(22)9-25-13-5-3-4-12(8-13)17(18,19)20/h3-5,8,11H,6-7,9-10H2,1-2H3,(H,23,24). The Morgan fingerprint density at radius 2 is 2.04 bits per heavy atom. The molecule has 1 aliphatic heterocycles. The van der Waals surface area contributed by atoms with E-state index in [0.717, 1.165) is 12.1 Å². The Morgan fingerprint density at radius 1 is 1.36 bits per heavy atom. The van der Waals surface area contributed by atoms with Gasteiger partial charge in [0.2, 0.25) is 0 Å². The maximum Gasteiger partial charge on any atom is 0.416 e. The third kappa shape index (κ3) is 4.05. The van der Waals surface area contributed by atoms with Crippen molar-refractivity contribution in [1.82, 2.24) is 4.90 Å². The van der Waals surface area contributed by atoms with E-state index in [1.54, 1.807) is 13.8 Å². The van der Waals surface area contributed by atoms with Gasteiger partial charge in [-0.3, -0.25) is 9.59 Å². The normalized spacial score (nSPS) is 20.8. The molecule has 8 heteroatoms. The van der Waals surface area contributed by atoms with E-state index in [2.05, 4.69) is 0 Å². The zero-order valence-corrected chi connectivity index (χ0v) is 14.0. The molecule has 25 heavy (non-hydrogen) atoms. The largest absolute Gasteiger partial charge is 0.484 e. The first-order chi connectivity index (χ1) is 11.6. The molecular weight excluding hydrogens is 339 g/mol. The second-order valence-corrected chi connectivity index (χ2v) is 6.50. The lowest BCUT2D eigenvalue weighted by molar-refractivity contribution is -0.151. The molecule has 138 valence electrons. The second kappa shape index (κ2) is 6.93. The molecule has 0 spiro atoms. The molecular formula is C17H20F3NO4. The summed E-state index contributed by atoms with van der Waals surface area (Å²) in [6.45, 7) is 3.51. The van der Waals surface area contributed by atoms with Crippen LogP contribution in [0.15, 0.2) is 24.3 Å². The van der Waals surface area contributed by atoms with Crippen molar-refractivity contribution in [3.05, 3.63) is 29.8 Å². The average Bonchev–Trinajstić information content (AvgIpc) is 2.99. The summed E-state index contributed by atoms with van der Waals surface area (Å²) in [5.41, 5.74) is -1.85. The molecule has 1 N–H and O–H groups in total. The summed E-state index contributed by atoms with van der Waals surface area (Å²) in [7, 11) is 0. The van der Waals surface area contributed by atoms with Crippen molar-refractivity contribution in [3.63, 3.8) is 0 Å². The highest BCUT2D eigenvalue weighted by Crippen LogP contribution is 2.38. The first-order valence-corrected chi connectivity index (χ1v) is 7.87. The van der Waals surface area contributed by atoms with E-state index in [4.69, 9.17) is 4.74 Å². The van der Waals surface area contributed by atoms with Gasteiger partial charge in [0.25, 0.3) is 5.91 Å². The van der Waals surface area contributed by atoms with Gasteiger partial charge in [-0.05, 0) is 30.5 Å². The van der Waals surface area contributed by atoms with Crippen LogP contribution in [-0.4, -0.2) is 41.6 Å². The van der Waals surface area contributed by atoms with E-state index in [-0.39, 0.29) is 24.8 Å². The summed E-state index contributed by atoms with van der Waals surface area (Å²) < 4.78 is 43.2.